The first-order valence-corrected chi connectivity index (χ1v) is 6.49. The smallest absolute Gasteiger partial charge is 0.339 e. The van der Waals surface area contributed by atoms with Crippen molar-refractivity contribution in [3.63, 3.8) is 0 Å². The van der Waals surface area contributed by atoms with Crippen LogP contribution < -0.4 is 5.32 Å². The molecule has 116 valence electrons. The van der Waals surface area contributed by atoms with E-state index in [2.05, 4.69) is 5.32 Å². The number of carboxylic acid groups (broad SMARTS) is 1. The van der Waals surface area contributed by atoms with Crippen LogP contribution in [0.5, 0.6) is 5.75 Å². The predicted molar refractivity (Wildman–Crippen MR) is 77.8 cm³/mol. The largest absolute Gasteiger partial charge is 0.507 e. The Kier molecular flexibility index (Phi) is 5.98. The molecule has 0 heterocycles. The van der Waals surface area contributed by atoms with Crippen LogP contribution in [-0.2, 0) is 4.74 Å². The van der Waals surface area contributed by atoms with E-state index in [-0.39, 0.29) is 17.6 Å². The van der Waals surface area contributed by atoms with E-state index < -0.39 is 11.7 Å². The molecule has 7 nitrogen and oxygen atoms in total. The number of urea groups is 1. The first-order chi connectivity index (χ1) is 9.86. The number of ether oxygens (including phenoxy) is 1. The molecule has 7 heteroatoms. The fourth-order valence-electron chi connectivity index (χ4n) is 1.77. The molecule has 0 saturated carbocycles. The van der Waals surface area contributed by atoms with Crippen molar-refractivity contribution in [2.75, 3.05) is 25.6 Å². The van der Waals surface area contributed by atoms with Crippen LogP contribution in [0.1, 0.15) is 24.2 Å². The van der Waals surface area contributed by atoms with Gasteiger partial charge >= 0.3 is 12.0 Å². The summed E-state index contributed by atoms with van der Waals surface area (Å²) in [6, 6.07) is 3.50. The summed E-state index contributed by atoms with van der Waals surface area (Å²) in [5, 5.41) is 21.0. The van der Waals surface area contributed by atoms with Gasteiger partial charge in [0, 0.05) is 31.5 Å². The summed E-state index contributed by atoms with van der Waals surface area (Å²) < 4.78 is 4.96. The Bertz CT molecular complexity index is 516. The molecule has 0 aliphatic rings. The lowest BCUT2D eigenvalue weighted by molar-refractivity contribution is 0.0694. The van der Waals surface area contributed by atoms with Gasteiger partial charge in [-0.2, -0.15) is 0 Å². The van der Waals surface area contributed by atoms with Crippen LogP contribution in [0.4, 0.5) is 10.5 Å². The fraction of sp³-hybridized carbons (Fsp3) is 0.429. The van der Waals surface area contributed by atoms with Gasteiger partial charge < -0.3 is 25.2 Å². The van der Waals surface area contributed by atoms with Gasteiger partial charge in [0.05, 0.1) is 6.61 Å². The van der Waals surface area contributed by atoms with Crippen molar-refractivity contribution in [3.8, 4) is 5.75 Å². The molecule has 0 fully saturated rings. The molecule has 2 amide bonds. The highest BCUT2D eigenvalue weighted by Gasteiger charge is 2.17. The average molecular weight is 296 g/mol. The molecule has 1 aromatic rings. The number of aromatic carboxylic acids is 1. The molecule has 1 aromatic carbocycles. The highest BCUT2D eigenvalue weighted by Crippen LogP contribution is 2.22. The van der Waals surface area contributed by atoms with Crippen LogP contribution in [0.25, 0.3) is 0 Å². The van der Waals surface area contributed by atoms with E-state index in [1.165, 1.54) is 18.2 Å². The number of nitrogens with zero attached hydrogens (tertiary/aromatic N) is 1. The van der Waals surface area contributed by atoms with Crippen molar-refractivity contribution < 1.29 is 24.5 Å². The Labute approximate surface area is 123 Å². The number of amides is 2. The molecule has 0 atom stereocenters. The summed E-state index contributed by atoms with van der Waals surface area (Å²) in [5.41, 5.74) is 0.110. The van der Waals surface area contributed by atoms with Gasteiger partial charge in [-0.25, -0.2) is 9.59 Å². The number of aromatic hydroxyl groups is 1. The number of rotatable bonds is 6. The fourth-order valence-corrected chi connectivity index (χ4v) is 1.77. The Morgan fingerprint density at radius 3 is 2.52 bits per heavy atom. The van der Waals surface area contributed by atoms with Crippen LogP contribution in [0, 0.1) is 0 Å². The van der Waals surface area contributed by atoms with Gasteiger partial charge in [0.1, 0.15) is 11.3 Å². The minimum Gasteiger partial charge on any atom is -0.507 e. The summed E-state index contributed by atoms with van der Waals surface area (Å²) in [5.74, 6) is -1.62. The summed E-state index contributed by atoms with van der Waals surface area (Å²) in [6.07, 6.45) is 0. The van der Waals surface area contributed by atoms with Crippen LogP contribution in [0.2, 0.25) is 0 Å². The zero-order valence-corrected chi connectivity index (χ0v) is 12.3. The number of carboxylic acids is 1. The monoisotopic (exact) mass is 296 g/mol. The van der Waals surface area contributed by atoms with E-state index in [4.69, 9.17) is 9.84 Å². The van der Waals surface area contributed by atoms with Crippen molar-refractivity contribution >= 4 is 17.7 Å². The Morgan fingerprint density at radius 2 is 2.05 bits per heavy atom. The third-order valence-electron chi connectivity index (χ3n) is 2.90. The van der Waals surface area contributed by atoms with Crippen LogP contribution >= 0.6 is 0 Å². The molecule has 3 N–H and O–H groups in total. The minimum absolute atomic E-state index is 0.0213. The molecule has 0 spiro atoms. The number of phenols is 1. The molecule has 0 saturated heterocycles. The Hall–Kier alpha value is -2.28. The SMILES string of the molecule is COCCN(C(=O)Nc1ccc(C(=O)O)c(O)c1)C(C)C. The normalized spacial score (nSPS) is 10.5. The minimum atomic E-state index is -1.23. The Balaban J connectivity index is 2.81. The highest BCUT2D eigenvalue weighted by atomic mass is 16.5. The lowest BCUT2D eigenvalue weighted by Crippen LogP contribution is -2.42. The summed E-state index contributed by atoms with van der Waals surface area (Å²) in [7, 11) is 1.55. The molecule has 0 bridgehead atoms. The number of hydrogen-bond acceptors (Lipinski definition) is 4. The van der Waals surface area contributed by atoms with E-state index in [0.717, 1.165) is 0 Å². The second-order valence-corrected chi connectivity index (χ2v) is 4.75. The summed E-state index contributed by atoms with van der Waals surface area (Å²) in [6.45, 7) is 4.59. The predicted octanol–water partition coefficient (Wildman–Crippen LogP) is 1.98. The molecule has 0 radical (unpaired) electrons. The van der Waals surface area contributed by atoms with Crippen molar-refractivity contribution in [2.45, 2.75) is 19.9 Å². The maximum atomic E-state index is 12.2. The van der Waals surface area contributed by atoms with Crippen molar-refractivity contribution in [1.82, 2.24) is 4.90 Å². The lowest BCUT2D eigenvalue weighted by Gasteiger charge is -2.26. The number of nitrogens with one attached hydrogen (secondary N) is 1. The number of methoxy groups -OCH3 is 1. The second-order valence-electron chi connectivity index (χ2n) is 4.75. The molecule has 0 aliphatic carbocycles. The third kappa shape index (κ3) is 4.64. The number of carbonyl (C=O) groups is 2. The van der Waals surface area contributed by atoms with Gasteiger partial charge in [0.25, 0.3) is 0 Å². The number of hydrogen-bond donors (Lipinski definition) is 3. The molecule has 0 aliphatic heterocycles. The van der Waals surface area contributed by atoms with E-state index in [9.17, 15) is 14.7 Å². The maximum Gasteiger partial charge on any atom is 0.339 e. The van der Waals surface area contributed by atoms with Crippen molar-refractivity contribution in [1.29, 1.82) is 0 Å². The molecule has 0 aromatic heterocycles. The summed E-state index contributed by atoms with van der Waals surface area (Å²) in [4.78, 5) is 24.5. The van der Waals surface area contributed by atoms with Crippen LogP contribution in [0.3, 0.4) is 0 Å². The van der Waals surface area contributed by atoms with E-state index >= 15 is 0 Å². The van der Waals surface area contributed by atoms with Gasteiger partial charge in [-0.15, -0.1) is 0 Å². The number of carbonyl (C=O) groups excluding carboxylic acids is 1. The first-order valence-electron chi connectivity index (χ1n) is 6.49. The van der Waals surface area contributed by atoms with Crippen molar-refractivity contribution in [2.24, 2.45) is 0 Å². The van der Waals surface area contributed by atoms with Gasteiger partial charge in [0.15, 0.2) is 0 Å². The van der Waals surface area contributed by atoms with Crippen LogP contribution in [-0.4, -0.2) is 53.4 Å². The van der Waals surface area contributed by atoms with E-state index in [0.29, 0.717) is 18.8 Å². The van der Waals surface area contributed by atoms with Gasteiger partial charge in [0.2, 0.25) is 0 Å². The molecule has 0 unspecified atom stereocenters. The molecule has 1 rings (SSSR count). The standard InChI is InChI=1S/C14H20N2O5/c1-9(2)16(6-7-21-3)14(20)15-10-4-5-11(13(18)19)12(17)8-10/h4-5,8-9,17H,6-7H2,1-3H3,(H,15,20)(H,18,19). The zero-order valence-electron chi connectivity index (χ0n) is 12.3. The van der Waals surface area contributed by atoms with Gasteiger partial charge in [-0.05, 0) is 26.0 Å². The third-order valence-corrected chi connectivity index (χ3v) is 2.90. The number of anilines is 1. The van der Waals surface area contributed by atoms with E-state index in [1.54, 1.807) is 12.0 Å². The molecular weight excluding hydrogens is 276 g/mol. The second kappa shape index (κ2) is 7.49. The lowest BCUT2D eigenvalue weighted by atomic mass is 10.2. The van der Waals surface area contributed by atoms with Crippen molar-refractivity contribution in [3.05, 3.63) is 23.8 Å². The topological polar surface area (TPSA) is 99.1 Å². The first kappa shape index (κ1) is 16.8. The molecule has 21 heavy (non-hydrogen) atoms. The maximum absolute atomic E-state index is 12.2. The Morgan fingerprint density at radius 1 is 1.38 bits per heavy atom. The highest BCUT2D eigenvalue weighted by molar-refractivity contribution is 5.94. The zero-order chi connectivity index (χ0) is 16.0. The quantitative estimate of drug-likeness (QED) is 0.745. The number of benzene rings is 1. The van der Waals surface area contributed by atoms with E-state index in [1.807, 2.05) is 13.8 Å². The van der Waals surface area contributed by atoms with Gasteiger partial charge in [-0.3, -0.25) is 0 Å². The molecular formula is C14H20N2O5. The van der Waals surface area contributed by atoms with Crippen LogP contribution in [0.15, 0.2) is 18.2 Å². The average Bonchev–Trinajstić information content (AvgIpc) is 2.38. The summed E-state index contributed by atoms with van der Waals surface area (Å²) >= 11 is 0. The van der Waals surface area contributed by atoms with Gasteiger partial charge in [-0.1, -0.05) is 0 Å².